The molecule has 3 aromatic rings. The first-order valence-electron chi connectivity index (χ1n) is 7.95. The molecule has 0 bridgehead atoms. The molecule has 2 aromatic carbocycles. The summed E-state index contributed by atoms with van der Waals surface area (Å²) in [5, 5.41) is 11.0. The van der Waals surface area contributed by atoms with E-state index in [-0.39, 0.29) is 11.4 Å². The number of nitrogens with zero attached hydrogens (tertiary/aromatic N) is 2. The van der Waals surface area contributed by atoms with E-state index in [0.717, 1.165) is 23.1 Å². The van der Waals surface area contributed by atoms with Crippen molar-refractivity contribution in [3.8, 4) is 5.75 Å². The monoisotopic (exact) mass is 390 g/mol. The number of carbonyl (C=O) groups is 1. The molecule has 8 heteroatoms. The second-order valence-corrected chi connectivity index (χ2v) is 6.33. The summed E-state index contributed by atoms with van der Waals surface area (Å²) in [6.45, 7) is 0. The van der Waals surface area contributed by atoms with Crippen LogP contribution in [0.3, 0.4) is 0 Å². The highest BCUT2D eigenvalue weighted by Gasteiger charge is 2.27. The van der Waals surface area contributed by atoms with Crippen molar-refractivity contribution in [1.82, 2.24) is 4.57 Å². The number of halogens is 2. The number of anilines is 1. The average molecular weight is 390 g/mol. The van der Waals surface area contributed by atoms with Crippen LogP contribution in [-0.2, 0) is 12.8 Å². The molecule has 0 aliphatic carbocycles. The van der Waals surface area contributed by atoms with Crippen LogP contribution in [-0.4, -0.2) is 22.6 Å². The Balaban J connectivity index is 2.26. The normalized spacial score (nSPS) is 11.0. The smallest absolute Gasteiger partial charge is 0.267 e. The number of rotatable bonds is 3. The van der Waals surface area contributed by atoms with Crippen molar-refractivity contribution >= 4 is 35.1 Å². The SMILES string of the molecule is CN(C(=O)c1c(O)c2c(CS)cccc2n(C)c1=O)c1cc(F)ccc1F. The Bertz CT molecular complexity index is 1130. The molecule has 140 valence electrons. The van der Waals surface area contributed by atoms with Gasteiger partial charge in [-0.1, -0.05) is 12.1 Å². The Morgan fingerprint density at radius 3 is 2.63 bits per heavy atom. The fourth-order valence-corrected chi connectivity index (χ4v) is 3.25. The molecule has 0 radical (unpaired) electrons. The molecule has 1 amide bonds. The van der Waals surface area contributed by atoms with Crippen molar-refractivity contribution in [2.24, 2.45) is 7.05 Å². The Morgan fingerprint density at radius 1 is 1.26 bits per heavy atom. The van der Waals surface area contributed by atoms with Gasteiger partial charge in [0.2, 0.25) is 0 Å². The number of aromatic nitrogens is 1. The van der Waals surface area contributed by atoms with Gasteiger partial charge in [0.05, 0.1) is 11.2 Å². The molecule has 0 saturated carbocycles. The summed E-state index contributed by atoms with van der Waals surface area (Å²) in [7, 11) is 2.67. The van der Waals surface area contributed by atoms with Crippen molar-refractivity contribution < 1.29 is 18.7 Å². The highest BCUT2D eigenvalue weighted by molar-refractivity contribution is 7.79. The Kier molecular flexibility index (Phi) is 4.93. The van der Waals surface area contributed by atoms with Gasteiger partial charge in [0.15, 0.2) is 0 Å². The van der Waals surface area contributed by atoms with Crippen molar-refractivity contribution in [2.75, 3.05) is 11.9 Å². The van der Waals surface area contributed by atoms with E-state index in [4.69, 9.17) is 0 Å². The Morgan fingerprint density at radius 2 is 1.96 bits per heavy atom. The second kappa shape index (κ2) is 7.03. The summed E-state index contributed by atoms with van der Waals surface area (Å²) >= 11 is 4.22. The molecule has 0 saturated heterocycles. The predicted molar refractivity (Wildman–Crippen MR) is 103 cm³/mol. The summed E-state index contributed by atoms with van der Waals surface area (Å²) in [5.41, 5.74) is -0.558. The van der Waals surface area contributed by atoms with Gasteiger partial charge >= 0.3 is 0 Å². The molecular formula is C19H16F2N2O3S. The molecule has 0 spiro atoms. The molecule has 0 unspecified atom stereocenters. The van der Waals surface area contributed by atoms with Crippen molar-refractivity contribution in [3.63, 3.8) is 0 Å². The summed E-state index contributed by atoms with van der Waals surface area (Å²) in [5.74, 6) is -2.76. The van der Waals surface area contributed by atoms with Gasteiger partial charge in [-0.25, -0.2) is 8.78 Å². The van der Waals surface area contributed by atoms with Crippen LogP contribution in [0.25, 0.3) is 10.9 Å². The number of pyridine rings is 1. The van der Waals surface area contributed by atoms with Crippen LogP contribution >= 0.6 is 12.6 Å². The van der Waals surface area contributed by atoms with Crippen molar-refractivity contribution in [3.05, 3.63) is 69.5 Å². The van der Waals surface area contributed by atoms with E-state index in [1.54, 1.807) is 18.2 Å². The fraction of sp³-hybridized carbons (Fsp3) is 0.158. The average Bonchev–Trinajstić information content (AvgIpc) is 2.66. The molecular weight excluding hydrogens is 374 g/mol. The van der Waals surface area contributed by atoms with Gasteiger partial charge < -0.3 is 14.6 Å². The zero-order valence-corrected chi connectivity index (χ0v) is 15.4. The van der Waals surface area contributed by atoms with Crippen LogP contribution in [0.5, 0.6) is 5.75 Å². The lowest BCUT2D eigenvalue weighted by Crippen LogP contribution is -2.34. The van der Waals surface area contributed by atoms with Gasteiger partial charge in [0.25, 0.3) is 11.5 Å². The molecule has 0 fully saturated rings. The zero-order chi connectivity index (χ0) is 19.9. The number of hydrogen-bond donors (Lipinski definition) is 2. The van der Waals surface area contributed by atoms with Gasteiger partial charge in [0, 0.05) is 31.3 Å². The molecule has 0 atom stereocenters. The number of carbonyl (C=O) groups excluding carboxylic acids is 1. The van der Waals surface area contributed by atoms with Crippen LogP contribution in [0.2, 0.25) is 0 Å². The number of aryl methyl sites for hydroxylation is 1. The molecule has 27 heavy (non-hydrogen) atoms. The summed E-state index contributed by atoms with van der Waals surface area (Å²) in [6, 6.07) is 7.70. The molecule has 1 heterocycles. The maximum atomic E-state index is 14.0. The Labute approximate surface area is 158 Å². The first kappa shape index (κ1) is 18.9. The van der Waals surface area contributed by atoms with Crippen molar-refractivity contribution in [2.45, 2.75) is 5.75 Å². The van der Waals surface area contributed by atoms with Crippen LogP contribution < -0.4 is 10.5 Å². The standard InChI is InChI=1S/C19H16F2N2O3S/c1-22-13-5-3-4-10(9-27)15(13)17(24)16(18(22)25)19(26)23(2)14-8-11(20)6-7-12(14)21/h3-8,24,27H,9H2,1-2H3. The molecule has 1 aromatic heterocycles. The summed E-state index contributed by atoms with van der Waals surface area (Å²) in [4.78, 5) is 26.4. The quantitative estimate of drug-likeness (QED) is 0.675. The third-order valence-corrected chi connectivity index (χ3v) is 4.78. The lowest BCUT2D eigenvalue weighted by molar-refractivity contribution is 0.0988. The van der Waals surface area contributed by atoms with E-state index < -0.39 is 34.4 Å². The van der Waals surface area contributed by atoms with Crippen LogP contribution in [0.4, 0.5) is 14.5 Å². The van der Waals surface area contributed by atoms with Crippen molar-refractivity contribution in [1.29, 1.82) is 0 Å². The molecule has 0 aliphatic rings. The maximum Gasteiger partial charge on any atom is 0.267 e. The minimum absolute atomic E-state index is 0.269. The van der Waals surface area contributed by atoms with E-state index in [9.17, 15) is 23.5 Å². The number of aromatic hydroxyl groups is 1. The number of benzene rings is 2. The zero-order valence-electron chi connectivity index (χ0n) is 14.5. The molecule has 0 aliphatic heterocycles. The largest absolute Gasteiger partial charge is 0.506 e. The first-order chi connectivity index (χ1) is 12.8. The van der Waals surface area contributed by atoms with Gasteiger partial charge in [-0.05, 0) is 23.8 Å². The van der Waals surface area contributed by atoms with E-state index in [1.807, 2.05) is 0 Å². The van der Waals surface area contributed by atoms with E-state index >= 15 is 0 Å². The maximum absolute atomic E-state index is 14.0. The third-order valence-electron chi connectivity index (χ3n) is 4.44. The van der Waals surface area contributed by atoms with Gasteiger partial charge in [-0.3, -0.25) is 9.59 Å². The molecule has 3 rings (SSSR count). The number of thiol groups is 1. The van der Waals surface area contributed by atoms with E-state index in [2.05, 4.69) is 12.6 Å². The lowest BCUT2D eigenvalue weighted by atomic mass is 10.0. The van der Waals surface area contributed by atoms with Gasteiger partial charge in [0.1, 0.15) is 22.9 Å². The fourth-order valence-electron chi connectivity index (χ4n) is 2.99. The Hall–Kier alpha value is -2.87. The lowest BCUT2D eigenvalue weighted by Gasteiger charge is -2.20. The number of amides is 1. The first-order valence-corrected chi connectivity index (χ1v) is 8.58. The highest BCUT2D eigenvalue weighted by atomic mass is 32.1. The molecule has 5 nitrogen and oxygen atoms in total. The third kappa shape index (κ3) is 3.06. The minimum atomic E-state index is -0.950. The van der Waals surface area contributed by atoms with E-state index in [0.29, 0.717) is 16.5 Å². The molecule has 1 N–H and O–H groups in total. The van der Waals surface area contributed by atoms with Crippen LogP contribution in [0, 0.1) is 11.6 Å². The number of hydrogen-bond acceptors (Lipinski definition) is 4. The summed E-state index contributed by atoms with van der Waals surface area (Å²) in [6.07, 6.45) is 0. The van der Waals surface area contributed by atoms with Crippen LogP contribution in [0.15, 0.2) is 41.2 Å². The van der Waals surface area contributed by atoms with Gasteiger partial charge in [-0.15, -0.1) is 0 Å². The number of fused-ring (bicyclic) bond motifs is 1. The summed E-state index contributed by atoms with van der Waals surface area (Å²) < 4.78 is 28.7. The highest BCUT2D eigenvalue weighted by Crippen LogP contribution is 2.31. The topological polar surface area (TPSA) is 62.5 Å². The second-order valence-electron chi connectivity index (χ2n) is 6.02. The van der Waals surface area contributed by atoms with Crippen LogP contribution in [0.1, 0.15) is 15.9 Å². The van der Waals surface area contributed by atoms with Gasteiger partial charge in [-0.2, -0.15) is 12.6 Å². The predicted octanol–water partition coefficient (Wildman–Crippen LogP) is 3.23. The minimum Gasteiger partial charge on any atom is -0.506 e. The van der Waals surface area contributed by atoms with E-state index in [1.165, 1.54) is 18.7 Å².